The van der Waals surface area contributed by atoms with Gasteiger partial charge in [0.15, 0.2) is 0 Å². The van der Waals surface area contributed by atoms with Crippen LogP contribution < -0.4 is 0 Å². The third-order valence-corrected chi connectivity index (χ3v) is 4.02. The second kappa shape index (κ2) is 4.45. The van der Waals surface area contributed by atoms with Gasteiger partial charge in [0.2, 0.25) is 0 Å². The van der Waals surface area contributed by atoms with Gasteiger partial charge in [0.1, 0.15) is 6.10 Å². The van der Waals surface area contributed by atoms with Gasteiger partial charge in [0.25, 0.3) is 0 Å². The molecule has 86 valence electrons. The van der Waals surface area contributed by atoms with Crippen LogP contribution in [0.5, 0.6) is 0 Å². The number of hydrogen-bond donors (Lipinski definition) is 0. The minimum atomic E-state index is 0.319. The Kier molecular flexibility index (Phi) is 3.39. The van der Waals surface area contributed by atoms with Crippen molar-refractivity contribution in [3.05, 3.63) is 13.0 Å². The Morgan fingerprint density at radius 3 is 2.80 bits per heavy atom. The summed E-state index contributed by atoms with van der Waals surface area (Å²) >= 11 is 0. The molecule has 2 bridgehead atoms. The summed E-state index contributed by atoms with van der Waals surface area (Å²) in [5, 5.41) is 0. The molecule has 3 rings (SSSR count). The van der Waals surface area contributed by atoms with E-state index in [1.807, 2.05) is 0 Å². The first-order chi connectivity index (χ1) is 7.11. The van der Waals surface area contributed by atoms with Crippen LogP contribution in [0.15, 0.2) is 0 Å². The van der Waals surface area contributed by atoms with Crippen molar-refractivity contribution in [3.63, 3.8) is 0 Å². The van der Waals surface area contributed by atoms with Crippen LogP contribution in [-0.4, -0.2) is 6.10 Å². The number of fused-ring (bicyclic) bond motifs is 4. The maximum atomic E-state index is 6.14. The monoisotopic (exact) mass is 208 g/mol. The summed E-state index contributed by atoms with van der Waals surface area (Å²) in [7, 11) is 0. The molecule has 1 saturated carbocycles. The van der Waals surface area contributed by atoms with E-state index in [0.717, 1.165) is 18.8 Å². The highest BCUT2D eigenvalue weighted by Crippen LogP contribution is 2.45. The highest BCUT2D eigenvalue weighted by molar-refractivity contribution is 4.98. The lowest BCUT2D eigenvalue weighted by Gasteiger charge is -2.36. The van der Waals surface area contributed by atoms with Crippen molar-refractivity contribution in [2.45, 2.75) is 64.9 Å². The van der Waals surface area contributed by atoms with Crippen LogP contribution in [0, 0.1) is 24.4 Å². The van der Waals surface area contributed by atoms with E-state index in [9.17, 15) is 0 Å². The summed E-state index contributed by atoms with van der Waals surface area (Å²) in [4.78, 5) is 0. The lowest BCUT2D eigenvalue weighted by atomic mass is 9.78. The second-order valence-corrected chi connectivity index (χ2v) is 6.00. The summed E-state index contributed by atoms with van der Waals surface area (Å²) in [6, 6.07) is 0. The summed E-state index contributed by atoms with van der Waals surface area (Å²) in [6.45, 7) is 8.64. The topological polar surface area (TPSA) is 9.23 Å². The van der Waals surface area contributed by atoms with Crippen LogP contribution in [0.4, 0.5) is 0 Å². The van der Waals surface area contributed by atoms with Gasteiger partial charge in [-0.05, 0) is 49.9 Å². The van der Waals surface area contributed by atoms with Crippen LogP contribution in [0.3, 0.4) is 0 Å². The fraction of sp³-hybridized carbons (Fsp3) is 0.857. The zero-order chi connectivity index (χ0) is 10.9. The van der Waals surface area contributed by atoms with Gasteiger partial charge in [-0.3, -0.25) is 0 Å². The van der Waals surface area contributed by atoms with Crippen LogP contribution >= 0.6 is 0 Å². The molecule has 0 amide bonds. The quantitative estimate of drug-likeness (QED) is 0.677. The van der Waals surface area contributed by atoms with Gasteiger partial charge in [-0.1, -0.05) is 27.2 Å². The van der Waals surface area contributed by atoms with Crippen LogP contribution in [0.25, 0.3) is 0 Å². The van der Waals surface area contributed by atoms with Crippen molar-refractivity contribution in [1.82, 2.24) is 0 Å². The van der Waals surface area contributed by atoms with Gasteiger partial charge in [-0.2, -0.15) is 0 Å². The molecule has 1 nitrogen and oxygen atoms in total. The van der Waals surface area contributed by atoms with E-state index in [0.29, 0.717) is 11.5 Å². The number of rotatable bonds is 3. The van der Waals surface area contributed by atoms with E-state index < -0.39 is 0 Å². The number of ether oxygens (including phenoxy) is 1. The first kappa shape index (κ1) is 11.4. The summed E-state index contributed by atoms with van der Waals surface area (Å²) in [5.74, 6) is 0.759. The standard InChI is InChI=1S/C14H24O/c1-4-14(2,3)10-13-11-6-5-7-12(15-13)9-8-11/h11-12H,1,4-10H2,2-3H3. The second-order valence-electron chi connectivity index (χ2n) is 6.00. The lowest BCUT2D eigenvalue weighted by Crippen LogP contribution is -2.29. The smallest absolute Gasteiger partial charge is 0.101 e. The Labute approximate surface area is 94.6 Å². The van der Waals surface area contributed by atoms with E-state index >= 15 is 0 Å². The first-order valence-electron chi connectivity index (χ1n) is 6.42. The molecule has 2 saturated heterocycles. The van der Waals surface area contributed by atoms with E-state index in [1.165, 1.54) is 38.2 Å². The maximum absolute atomic E-state index is 6.14. The van der Waals surface area contributed by atoms with Gasteiger partial charge < -0.3 is 4.74 Å². The Morgan fingerprint density at radius 1 is 1.27 bits per heavy atom. The van der Waals surface area contributed by atoms with Crippen molar-refractivity contribution in [3.8, 4) is 0 Å². The van der Waals surface area contributed by atoms with Crippen LogP contribution in [0.1, 0.15) is 58.8 Å². The third-order valence-electron chi connectivity index (χ3n) is 4.02. The fourth-order valence-electron chi connectivity index (χ4n) is 2.76. The average molecular weight is 208 g/mol. The van der Waals surface area contributed by atoms with Gasteiger partial charge in [0.05, 0.1) is 6.10 Å². The molecule has 0 aromatic heterocycles. The third kappa shape index (κ3) is 2.75. The Morgan fingerprint density at radius 2 is 2.07 bits per heavy atom. The van der Waals surface area contributed by atoms with Crippen molar-refractivity contribution >= 4 is 0 Å². The van der Waals surface area contributed by atoms with Gasteiger partial charge in [0, 0.05) is 0 Å². The summed E-state index contributed by atoms with van der Waals surface area (Å²) in [5.41, 5.74) is 0.319. The molecule has 15 heavy (non-hydrogen) atoms. The summed E-state index contributed by atoms with van der Waals surface area (Å²) in [6.07, 6.45) is 10.7. The van der Waals surface area contributed by atoms with Crippen molar-refractivity contribution in [1.29, 1.82) is 0 Å². The number of hydrogen-bond acceptors (Lipinski definition) is 1. The molecule has 2 heterocycles. The Hall–Kier alpha value is -0.0400. The van der Waals surface area contributed by atoms with Crippen molar-refractivity contribution in [2.75, 3.05) is 0 Å². The predicted molar refractivity (Wildman–Crippen MR) is 63.1 cm³/mol. The van der Waals surface area contributed by atoms with E-state index in [4.69, 9.17) is 4.74 Å². The van der Waals surface area contributed by atoms with Crippen LogP contribution in [0.2, 0.25) is 0 Å². The predicted octanol–water partition coefficient (Wildman–Crippen LogP) is 4.14. The largest absolute Gasteiger partial charge is 0.368 e. The molecular weight excluding hydrogens is 184 g/mol. The molecule has 1 heteroatoms. The Bertz CT molecular complexity index is 205. The molecule has 2 atom stereocenters. The lowest BCUT2D eigenvalue weighted by molar-refractivity contribution is -0.0143. The molecule has 2 radical (unpaired) electrons. The molecule has 1 aliphatic carbocycles. The molecular formula is C14H24O. The van der Waals surface area contributed by atoms with Gasteiger partial charge in [-0.15, -0.1) is 0 Å². The molecule has 3 aliphatic rings. The molecule has 0 N–H and O–H groups in total. The minimum Gasteiger partial charge on any atom is -0.368 e. The molecule has 0 spiro atoms. The maximum Gasteiger partial charge on any atom is 0.101 e. The highest BCUT2D eigenvalue weighted by atomic mass is 16.5. The minimum absolute atomic E-state index is 0.319. The normalized spacial score (nSPS) is 33.0. The summed E-state index contributed by atoms with van der Waals surface area (Å²) < 4.78 is 6.14. The fourth-order valence-corrected chi connectivity index (χ4v) is 2.76. The van der Waals surface area contributed by atoms with E-state index in [1.54, 1.807) is 0 Å². The SMILES string of the molecule is [CH2]CC(C)(C)C[C]1OC2CCCC1CC2. The van der Waals surface area contributed by atoms with E-state index in [-0.39, 0.29) is 0 Å². The van der Waals surface area contributed by atoms with Crippen LogP contribution in [-0.2, 0) is 4.74 Å². The van der Waals surface area contributed by atoms with Crippen molar-refractivity contribution < 1.29 is 4.74 Å². The molecule has 0 aromatic rings. The molecule has 2 unspecified atom stereocenters. The van der Waals surface area contributed by atoms with Crippen molar-refractivity contribution in [2.24, 2.45) is 11.3 Å². The molecule has 0 aromatic carbocycles. The first-order valence-corrected chi connectivity index (χ1v) is 6.42. The van der Waals surface area contributed by atoms with Gasteiger partial charge in [-0.25, -0.2) is 0 Å². The Balaban J connectivity index is 1.97. The molecule has 3 fully saturated rings. The average Bonchev–Trinajstić information content (AvgIpc) is 2.52. The zero-order valence-electron chi connectivity index (χ0n) is 10.2. The molecule has 2 aliphatic heterocycles. The van der Waals surface area contributed by atoms with Gasteiger partial charge >= 0.3 is 0 Å². The zero-order valence-corrected chi connectivity index (χ0v) is 10.2. The highest BCUT2D eigenvalue weighted by Gasteiger charge is 2.37. The van der Waals surface area contributed by atoms with E-state index in [2.05, 4.69) is 20.8 Å².